The molecule has 2 rings (SSSR count). The number of hydrogen-bond acceptors (Lipinski definition) is 3. The van der Waals surface area contributed by atoms with Crippen LogP contribution in [0.3, 0.4) is 0 Å². The molecule has 0 radical (unpaired) electrons. The normalized spacial score (nSPS) is 24.7. The van der Waals surface area contributed by atoms with E-state index in [0.717, 1.165) is 12.8 Å². The number of furan rings is 1. The van der Waals surface area contributed by atoms with Crippen molar-refractivity contribution in [2.75, 3.05) is 6.54 Å². The van der Waals surface area contributed by atoms with E-state index in [2.05, 4.69) is 5.32 Å². The summed E-state index contributed by atoms with van der Waals surface area (Å²) in [6.45, 7) is 0.581. The van der Waals surface area contributed by atoms with Crippen LogP contribution in [-0.4, -0.2) is 23.7 Å². The molecule has 4 nitrogen and oxygen atoms in total. The first-order chi connectivity index (χ1) is 7.16. The van der Waals surface area contributed by atoms with Crippen molar-refractivity contribution in [1.82, 2.24) is 5.32 Å². The summed E-state index contributed by atoms with van der Waals surface area (Å²) in [6, 6.07) is 1.54. The Labute approximate surface area is 92.2 Å². The lowest BCUT2D eigenvalue weighted by Crippen LogP contribution is -2.38. The summed E-state index contributed by atoms with van der Waals surface area (Å²) < 4.78 is 4.81. The molecule has 0 aliphatic heterocycles. The number of amides is 1. The molecule has 0 atom stereocenters. The van der Waals surface area contributed by atoms with Crippen LogP contribution < -0.4 is 5.32 Å². The third-order valence-electron chi connectivity index (χ3n) is 2.62. The molecule has 0 aromatic carbocycles. The van der Waals surface area contributed by atoms with Gasteiger partial charge in [0, 0.05) is 6.54 Å². The highest BCUT2D eigenvalue weighted by molar-refractivity contribution is 6.32. The van der Waals surface area contributed by atoms with E-state index in [0.29, 0.717) is 18.0 Å². The van der Waals surface area contributed by atoms with E-state index in [1.165, 1.54) is 12.3 Å². The van der Waals surface area contributed by atoms with Crippen LogP contribution in [0.5, 0.6) is 0 Å². The fourth-order valence-electron chi connectivity index (χ4n) is 1.66. The van der Waals surface area contributed by atoms with Crippen molar-refractivity contribution in [2.24, 2.45) is 5.92 Å². The van der Waals surface area contributed by atoms with Gasteiger partial charge >= 0.3 is 0 Å². The average molecular weight is 230 g/mol. The Morgan fingerprint density at radius 2 is 2.40 bits per heavy atom. The second-order valence-electron chi connectivity index (χ2n) is 3.81. The van der Waals surface area contributed by atoms with Crippen molar-refractivity contribution in [2.45, 2.75) is 18.9 Å². The van der Waals surface area contributed by atoms with Gasteiger partial charge in [-0.3, -0.25) is 4.79 Å². The molecule has 1 fully saturated rings. The molecule has 0 spiro atoms. The van der Waals surface area contributed by atoms with Gasteiger partial charge < -0.3 is 14.8 Å². The molecule has 5 heteroatoms. The SMILES string of the molecule is O=C(NCC1CC(O)C1)c1ccoc1Cl. The maximum atomic E-state index is 11.5. The van der Waals surface area contributed by atoms with E-state index < -0.39 is 0 Å². The first kappa shape index (κ1) is 10.5. The number of rotatable bonds is 3. The minimum atomic E-state index is -0.227. The van der Waals surface area contributed by atoms with Gasteiger partial charge in [0.2, 0.25) is 5.22 Å². The first-order valence-corrected chi connectivity index (χ1v) is 5.24. The van der Waals surface area contributed by atoms with Crippen molar-refractivity contribution < 1.29 is 14.3 Å². The zero-order chi connectivity index (χ0) is 10.8. The van der Waals surface area contributed by atoms with Gasteiger partial charge in [-0.25, -0.2) is 0 Å². The maximum Gasteiger partial charge on any atom is 0.256 e. The van der Waals surface area contributed by atoms with Gasteiger partial charge in [0.15, 0.2) is 0 Å². The molecule has 0 unspecified atom stereocenters. The fourth-order valence-corrected chi connectivity index (χ4v) is 1.86. The molecular weight excluding hydrogens is 218 g/mol. The van der Waals surface area contributed by atoms with Gasteiger partial charge in [-0.15, -0.1) is 0 Å². The second-order valence-corrected chi connectivity index (χ2v) is 4.15. The molecule has 1 aromatic rings. The van der Waals surface area contributed by atoms with Crippen LogP contribution >= 0.6 is 11.6 Å². The van der Waals surface area contributed by atoms with E-state index in [9.17, 15) is 4.79 Å². The Morgan fingerprint density at radius 1 is 1.67 bits per heavy atom. The summed E-state index contributed by atoms with van der Waals surface area (Å²) in [5.74, 6) is 0.157. The number of hydrogen-bond donors (Lipinski definition) is 2. The molecule has 2 N–H and O–H groups in total. The number of aliphatic hydroxyl groups excluding tert-OH is 1. The van der Waals surface area contributed by atoms with Crippen molar-refractivity contribution in [1.29, 1.82) is 0 Å². The largest absolute Gasteiger partial charge is 0.452 e. The van der Waals surface area contributed by atoms with Crippen LogP contribution in [0, 0.1) is 5.92 Å². The van der Waals surface area contributed by atoms with Gasteiger partial charge in [-0.05, 0) is 36.4 Å². The summed E-state index contributed by atoms with van der Waals surface area (Å²) in [4.78, 5) is 11.5. The smallest absolute Gasteiger partial charge is 0.256 e. The molecule has 1 aromatic heterocycles. The highest BCUT2D eigenvalue weighted by atomic mass is 35.5. The highest BCUT2D eigenvalue weighted by Gasteiger charge is 2.27. The summed E-state index contributed by atoms with van der Waals surface area (Å²) in [7, 11) is 0. The molecule has 1 saturated carbocycles. The number of carbonyl (C=O) groups excluding carboxylic acids is 1. The maximum absolute atomic E-state index is 11.5. The summed E-state index contributed by atoms with van der Waals surface area (Å²) >= 11 is 5.65. The summed E-state index contributed by atoms with van der Waals surface area (Å²) in [5, 5.41) is 11.9. The molecule has 1 amide bonds. The fraction of sp³-hybridized carbons (Fsp3) is 0.500. The van der Waals surface area contributed by atoms with E-state index in [4.69, 9.17) is 21.1 Å². The van der Waals surface area contributed by atoms with Crippen LogP contribution in [0.1, 0.15) is 23.2 Å². The summed E-state index contributed by atoms with van der Waals surface area (Å²) in [5.41, 5.74) is 0.358. The Morgan fingerprint density at radius 3 is 2.93 bits per heavy atom. The van der Waals surface area contributed by atoms with Crippen molar-refractivity contribution in [3.8, 4) is 0 Å². The molecule has 0 bridgehead atoms. The molecule has 0 saturated heterocycles. The Balaban J connectivity index is 1.80. The zero-order valence-corrected chi connectivity index (χ0v) is 8.83. The summed E-state index contributed by atoms with van der Waals surface area (Å²) in [6.07, 6.45) is 2.72. The third kappa shape index (κ3) is 2.33. The zero-order valence-electron chi connectivity index (χ0n) is 8.07. The van der Waals surface area contributed by atoms with Gasteiger partial charge in [0.25, 0.3) is 5.91 Å². The quantitative estimate of drug-likeness (QED) is 0.824. The van der Waals surface area contributed by atoms with E-state index in [1.54, 1.807) is 0 Å². The van der Waals surface area contributed by atoms with Crippen LogP contribution in [0.2, 0.25) is 5.22 Å². The van der Waals surface area contributed by atoms with E-state index in [1.807, 2.05) is 0 Å². The van der Waals surface area contributed by atoms with Crippen molar-refractivity contribution in [3.05, 3.63) is 23.1 Å². The van der Waals surface area contributed by atoms with Crippen molar-refractivity contribution in [3.63, 3.8) is 0 Å². The van der Waals surface area contributed by atoms with Gasteiger partial charge in [0.05, 0.1) is 17.9 Å². The highest BCUT2D eigenvalue weighted by Crippen LogP contribution is 2.26. The number of carbonyl (C=O) groups is 1. The molecule has 15 heavy (non-hydrogen) atoms. The predicted octanol–water partition coefficient (Wildman–Crippen LogP) is 1.43. The monoisotopic (exact) mass is 229 g/mol. The minimum Gasteiger partial charge on any atom is -0.452 e. The van der Waals surface area contributed by atoms with Crippen LogP contribution in [0.4, 0.5) is 0 Å². The first-order valence-electron chi connectivity index (χ1n) is 4.86. The van der Waals surface area contributed by atoms with Gasteiger partial charge in [0.1, 0.15) is 0 Å². The lowest BCUT2D eigenvalue weighted by atomic mass is 9.82. The Bertz CT molecular complexity index is 357. The molecule has 1 aliphatic carbocycles. The molecule has 1 aliphatic rings. The predicted molar refractivity (Wildman–Crippen MR) is 54.8 cm³/mol. The molecular formula is C10H12ClNO3. The van der Waals surface area contributed by atoms with E-state index >= 15 is 0 Å². The second kappa shape index (κ2) is 4.24. The van der Waals surface area contributed by atoms with Gasteiger partial charge in [-0.1, -0.05) is 0 Å². The van der Waals surface area contributed by atoms with Crippen LogP contribution in [-0.2, 0) is 0 Å². The lowest BCUT2D eigenvalue weighted by molar-refractivity contribution is 0.0420. The molecule has 1 heterocycles. The van der Waals surface area contributed by atoms with Crippen LogP contribution in [0.15, 0.2) is 16.7 Å². The van der Waals surface area contributed by atoms with Gasteiger partial charge in [-0.2, -0.15) is 0 Å². The topological polar surface area (TPSA) is 62.5 Å². The standard InChI is InChI=1S/C10H12ClNO3/c11-9-8(1-2-15-9)10(14)12-5-6-3-7(13)4-6/h1-2,6-7,13H,3-5H2,(H,12,14). The molecule has 82 valence electrons. The van der Waals surface area contributed by atoms with E-state index in [-0.39, 0.29) is 17.2 Å². The third-order valence-corrected chi connectivity index (χ3v) is 2.92. The number of halogens is 1. The van der Waals surface area contributed by atoms with Crippen molar-refractivity contribution >= 4 is 17.5 Å². The van der Waals surface area contributed by atoms with Crippen LogP contribution in [0.25, 0.3) is 0 Å². The average Bonchev–Trinajstić information content (AvgIpc) is 2.57. The lowest BCUT2D eigenvalue weighted by Gasteiger charge is -2.31. The Kier molecular flexibility index (Phi) is 2.98. The minimum absolute atomic E-state index is 0.112. The number of aliphatic hydroxyl groups is 1. The number of nitrogens with one attached hydrogen (secondary N) is 1. The Hall–Kier alpha value is -1.00.